The molecule has 1 N–H and O–H groups in total. The molecular weight excluding hydrogens is 464 g/mol. The third-order valence-corrected chi connectivity index (χ3v) is 6.20. The largest absolute Gasteiger partial charge is 0.462 e. The van der Waals surface area contributed by atoms with Gasteiger partial charge in [0.1, 0.15) is 6.61 Å². The van der Waals surface area contributed by atoms with Crippen LogP contribution in [0, 0.1) is 0 Å². The molecule has 0 amide bonds. The number of allylic oxidation sites excluding steroid dienone is 6. The highest BCUT2D eigenvalue weighted by molar-refractivity contribution is 5.70. The van der Waals surface area contributed by atoms with Crippen molar-refractivity contribution in [3.8, 4) is 0 Å². The Kier molecular flexibility index (Phi) is 27.2. The molecule has 0 radical (unpaired) electrons. The Morgan fingerprint density at radius 3 is 1.76 bits per heavy atom. The number of esters is 2. The van der Waals surface area contributed by atoms with Crippen LogP contribution >= 0.6 is 0 Å². The van der Waals surface area contributed by atoms with E-state index in [1.165, 1.54) is 44.9 Å². The monoisotopic (exact) mass is 520 g/mol. The fraction of sp³-hybridized carbons (Fsp3) is 0.750. The molecule has 0 aliphatic carbocycles. The number of unbranched alkanes of at least 4 members (excludes halogenated alkanes) is 12. The van der Waals surface area contributed by atoms with Gasteiger partial charge in [-0.15, -0.1) is 0 Å². The standard InChI is InChI=1S/C32H56O5/c1-3-5-7-9-11-13-14-15-16-17-18-19-21-22-24-26-31(34)36-29-30(28-33)37-32(35)27-25-23-20-12-10-8-6-4-2/h5,7,11,13,15-16,30,33H,3-4,6,8-10,12,14,17-29H2,1-2H3/b7-5+,13-11+,16-15+/t30-/m0/s1. The molecule has 0 aromatic carbocycles. The molecule has 0 unspecified atom stereocenters. The summed E-state index contributed by atoms with van der Waals surface area (Å²) in [6.45, 7) is 3.95. The molecule has 0 aliphatic rings. The van der Waals surface area contributed by atoms with Crippen LogP contribution < -0.4 is 0 Å². The number of aliphatic hydroxyl groups is 1. The van der Waals surface area contributed by atoms with Crippen LogP contribution in [0.2, 0.25) is 0 Å². The van der Waals surface area contributed by atoms with Crippen LogP contribution in [-0.2, 0) is 19.1 Å². The third kappa shape index (κ3) is 27.0. The minimum absolute atomic E-state index is 0.0739. The maximum Gasteiger partial charge on any atom is 0.306 e. The van der Waals surface area contributed by atoms with Gasteiger partial charge in [-0.2, -0.15) is 0 Å². The van der Waals surface area contributed by atoms with Gasteiger partial charge in [-0.25, -0.2) is 0 Å². The van der Waals surface area contributed by atoms with E-state index in [1.807, 2.05) is 0 Å². The van der Waals surface area contributed by atoms with Crippen LogP contribution in [0.25, 0.3) is 0 Å². The Balaban J connectivity index is 3.64. The van der Waals surface area contributed by atoms with Gasteiger partial charge in [0.2, 0.25) is 0 Å². The second kappa shape index (κ2) is 28.7. The molecule has 0 aliphatic heterocycles. The van der Waals surface area contributed by atoms with Crippen molar-refractivity contribution in [3.63, 3.8) is 0 Å². The maximum atomic E-state index is 12.0. The molecule has 0 spiro atoms. The van der Waals surface area contributed by atoms with Gasteiger partial charge >= 0.3 is 11.9 Å². The quantitative estimate of drug-likeness (QED) is 0.0702. The van der Waals surface area contributed by atoms with Gasteiger partial charge in [-0.1, -0.05) is 115 Å². The Morgan fingerprint density at radius 1 is 0.649 bits per heavy atom. The van der Waals surface area contributed by atoms with Crippen LogP contribution in [0.1, 0.15) is 136 Å². The Morgan fingerprint density at radius 2 is 1.16 bits per heavy atom. The zero-order chi connectivity index (χ0) is 27.2. The normalized spacial score (nSPS) is 12.6. The third-order valence-electron chi connectivity index (χ3n) is 6.20. The molecule has 0 saturated carbocycles. The lowest BCUT2D eigenvalue weighted by molar-refractivity contribution is -0.161. The molecule has 214 valence electrons. The first-order valence-electron chi connectivity index (χ1n) is 15.0. The molecule has 37 heavy (non-hydrogen) atoms. The van der Waals surface area contributed by atoms with Crippen molar-refractivity contribution in [2.24, 2.45) is 0 Å². The van der Waals surface area contributed by atoms with Gasteiger partial charge in [-0.05, 0) is 44.9 Å². The van der Waals surface area contributed by atoms with Gasteiger partial charge in [0.15, 0.2) is 6.10 Å². The molecule has 0 saturated heterocycles. The first-order chi connectivity index (χ1) is 18.1. The lowest BCUT2D eigenvalue weighted by Gasteiger charge is -2.15. The minimum atomic E-state index is -0.771. The molecule has 0 bridgehead atoms. The fourth-order valence-electron chi connectivity index (χ4n) is 3.92. The fourth-order valence-corrected chi connectivity index (χ4v) is 3.92. The van der Waals surface area contributed by atoms with E-state index >= 15 is 0 Å². The first kappa shape index (κ1) is 35.1. The van der Waals surface area contributed by atoms with Crippen LogP contribution in [0.5, 0.6) is 0 Å². The lowest BCUT2D eigenvalue weighted by atomic mass is 10.1. The van der Waals surface area contributed by atoms with E-state index in [9.17, 15) is 14.7 Å². The number of hydrogen-bond donors (Lipinski definition) is 1. The summed E-state index contributed by atoms with van der Waals surface area (Å²) in [5.74, 6) is -0.619. The van der Waals surface area contributed by atoms with E-state index in [4.69, 9.17) is 9.47 Å². The number of aliphatic hydroxyl groups excluding tert-OH is 1. The molecule has 0 fully saturated rings. The summed E-state index contributed by atoms with van der Waals surface area (Å²) >= 11 is 0. The van der Waals surface area contributed by atoms with E-state index in [-0.39, 0.29) is 25.2 Å². The Hall–Kier alpha value is -1.88. The predicted molar refractivity (Wildman–Crippen MR) is 154 cm³/mol. The van der Waals surface area contributed by atoms with E-state index in [0.717, 1.165) is 64.2 Å². The summed E-state index contributed by atoms with van der Waals surface area (Å²) in [6, 6.07) is 0. The van der Waals surface area contributed by atoms with E-state index in [1.54, 1.807) is 0 Å². The van der Waals surface area contributed by atoms with Gasteiger partial charge in [0.25, 0.3) is 0 Å². The summed E-state index contributed by atoms with van der Waals surface area (Å²) in [6.07, 6.45) is 32.0. The van der Waals surface area contributed by atoms with E-state index in [2.05, 4.69) is 50.3 Å². The molecule has 5 heteroatoms. The van der Waals surface area contributed by atoms with Crippen molar-refractivity contribution in [1.82, 2.24) is 0 Å². The summed E-state index contributed by atoms with van der Waals surface area (Å²) in [5.41, 5.74) is 0. The van der Waals surface area contributed by atoms with Crippen LogP contribution in [0.4, 0.5) is 0 Å². The van der Waals surface area contributed by atoms with Gasteiger partial charge in [0, 0.05) is 12.8 Å². The molecule has 1 atom stereocenters. The summed E-state index contributed by atoms with van der Waals surface area (Å²) < 4.78 is 10.5. The average Bonchev–Trinajstić information content (AvgIpc) is 2.90. The zero-order valence-corrected chi connectivity index (χ0v) is 24.0. The highest BCUT2D eigenvalue weighted by Gasteiger charge is 2.16. The second-order valence-electron chi connectivity index (χ2n) is 9.80. The number of hydrogen-bond acceptors (Lipinski definition) is 5. The van der Waals surface area contributed by atoms with Crippen LogP contribution in [0.15, 0.2) is 36.5 Å². The summed E-state index contributed by atoms with van der Waals surface area (Å²) in [4.78, 5) is 23.9. The zero-order valence-electron chi connectivity index (χ0n) is 24.0. The lowest BCUT2D eigenvalue weighted by Crippen LogP contribution is -2.28. The van der Waals surface area contributed by atoms with Crippen molar-refractivity contribution < 1.29 is 24.2 Å². The molecule has 5 nitrogen and oxygen atoms in total. The number of carbonyl (C=O) groups is 2. The Labute approximate surface area is 227 Å². The number of carbonyl (C=O) groups excluding carboxylic acids is 2. The second-order valence-corrected chi connectivity index (χ2v) is 9.80. The smallest absolute Gasteiger partial charge is 0.306 e. The molecule has 0 aromatic rings. The average molecular weight is 521 g/mol. The number of rotatable bonds is 26. The molecule has 0 heterocycles. The maximum absolute atomic E-state index is 12.0. The first-order valence-corrected chi connectivity index (χ1v) is 15.0. The van der Waals surface area contributed by atoms with Crippen LogP contribution in [0.3, 0.4) is 0 Å². The van der Waals surface area contributed by atoms with E-state index in [0.29, 0.717) is 12.8 Å². The van der Waals surface area contributed by atoms with Crippen LogP contribution in [-0.4, -0.2) is 36.4 Å². The predicted octanol–water partition coefficient (Wildman–Crippen LogP) is 8.55. The minimum Gasteiger partial charge on any atom is -0.462 e. The van der Waals surface area contributed by atoms with Crippen molar-refractivity contribution in [1.29, 1.82) is 0 Å². The van der Waals surface area contributed by atoms with Crippen molar-refractivity contribution >= 4 is 11.9 Å². The van der Waals surface area contributed by atoms with Gasteiger partial charge < -0.3 is 14.6 Å². The SMILES string of the molecule is CC/C=C/C/C=C/C/C=C/CCCCCCCC(=O)OC[C@H](CO)OC(=O)CCCCCCCCCC. The highest BCUT2D eigenvalue weighted by atomic mass is 16.6. The topological polar surface area (TPSA) is 72.8 Å². The molecule has 0 rings (SSSR count). The molecular formula is C32H56O5. The molecule has 0 aromatic heterocycles. The van der Waals surface area contributed by atoms with Crippen molar-refractivity contribution in [3.05, 3.63) is 36.5 Å². The highest BCUT2D eigenvalue weighted by Crippen LogP contribution is 2.11. The Bertz CT molecular complexity index is 608. The van der Waals surface area contributed by atoms with E-state index < -0.39 is 6.10 Å². The van der Waals surface area contributed by atoms with Crippen molar-refractivity contribution in [2.75, 3.05) is 13.2 Å². The van der Waals surface area contributed by atoms with Gasteiger partial charge in [0.05, 0.1) is 6.61 Å². The summed E-state index contributed by atoms with van der Waals surface area (Å²) in [7, 11) is 0. The summed E-state index contributed by atoms with van der Waals surface area (Å²) in [5, 5.41) is 9.44. The van der Waals surface area contributed by atoms with Gasteiger partial charge in [-0.3, -0.25) is 9.59 Å². The van der Waals surface area contributed by atoms with Crippen molar-refractivity contribution in [2.45, 2.75) is 142 Å². The number of ether oxygens (including phenoxy) is 2.